The summed E-state index contributed by atoms with van der Waals surface area (Å²) in [6.07, 6.45) is -3.35. The molecule has 1 aromatic heterocycles. The number of benzene rings is 1. The van der Waals surface area contributed by atoms with Gasteiger partial charge in [0.2, 0.25) is 5.89 Å². The van der Waals surface area contributed by atoms with Gasteiger partial charge in [0, 0.05) is 12.6 Å². The summed E-state index contributed by atoms with van der Waals surface area (Å²) in [5, 5.41) is 2.91. The maximum Gasteiger partial charge on any atom is 0.455 e. The quantitative estimate of drug-likeness (QED) is 0.795. The number of halogens is 5. The molecule has 1 saturated heterocycles. The summed E-state index contributed by atoms with van der Waals surface area (Å²) >= 11 is 0. The zero-order valence-corrected chi connectivity index (χ0v) is 12.5. The average molecular weight is 347 g/mol. The van der Waals surface area contributed by atoms with Crippen molar-refractivity contribution in [1.29, 1.82) is 0 Å². The number of hydrogen-bond donors (Lipinski definition) is 0. The van der Waals surface area contributed by atoms with E-state index in [1.165, 1.54) is 12.1 Å². The van der Waals surface area contributed by atoms with Crippen LogP contribution in [-0.4, -0.2) is 28.1 Å². The SMILES string of the molecule is Fc1cc(F)cc(CC2CCN(Cc3nc(C(F)(F)F)no3)C2)c1. The molecule has 9 heteroatoms. The molecule has 2 aromatic rings. The van der Waals surface area contributed by atoms with Crippen molar-refractivity contribution in [2.75, 3.05) is 13.1 Å². The van der Waals surface area contributed by atoms with E-state index >= 15 is 0 Å². The Morgan fingerprint density at radius 1 is 1.17 bits per heavy atom. The summed E-state index contributed by atoms with van der Waals surface area (Å²) in [6, 6.07) is 3.40. The molecule has 0 amide bonds. The Hall–Kier alpha value is -2.03. The molecule has 1 fully saturated rings. The highest BCUT2D eigenvalue weighted by atomic mass is 19.4. The van der Waals surface area contributed by atoms with Crippen LogP contribution in [0.3, 0.4) is 0 Å². The standard InChI is InChI=1S/C15H14F5N3O/c16-11-4-10(5-12(17)6-11)3-9-1-2-23(7-9)8-13-21-14(22-24-13)15(18,19)20/h4-6,9H,1-3,7-8H2. The molecule has 1 aromatic carbocycles. The van der Waals surface area contributed by atoms with Crippen molar-refractivity contribution in [3.05, 3.63) is 47.1 Å². The van der Waals surface area contributed by atoms with Gasteiger partial charge in [-0.25, -0.2) is 8.78 Å². The number of likely N-dealkylation sites (tertiary alicyclic amines) is 1. The van der Waals surface area contributed by atoms with Crippen LogP contribution in [0.4, 0.5) is 22.0 Å². The van der Waals surface area contributed by atoms with E-state index in [0.29, 0.717) is 25.1 Å². The first-order chi connectivity index (χ1) is 11.3. The Kier molecular flexibility index (Phi) is 4.53. The number of aromatic nitrogens is 2. The normalized spacial score (nSPS) is 19.1. The molecule has 0 spiro atoms. The van der Waals surface area contributed by atoms with Crippen LogP contribution in [-0.2, 0) is 19.1 Å². The lowest BCUT2D eigenvalue weighted by atomic mass is 9.98. The second-order valence-corrected chi connectivity index (χ2v) is 5.88. The van der Waals surface area contributed by atoms with Crippen LogP contribution in [0.15, 0.2) is 22.7 Å². The largest absolute Gasteiger partial charge is 0.455 e. The minimum Gasteiger partial charge on any atom is -0.338 e. The Bertz CT molecular complexity index is 695. The first-order valence-electron chi connectivity index (χ1n) is 7.37. The molecular formula is C15H14F5N3O. The molecule has 1 atom stereocenters. The summed E-state index contributed by atoms with van der Waals surface area (Å²) in [4.78, 5) is 5.22. The smallest absolute Gasteiger partial charge is 0.338 e. The lowest BCUT2D eigenvalue weighted by Crippen LogP contribution is -2.21. The van der Waals surface area contributed by atoms with Gasteiger partial charge in [0.25, 0.3) is 5.82 Å². The van der Waals surface area contributed by atoms with E-state index in [0.717, 1.165) is 12.5 Å². The van der Waals surface area contributed by atoms with Gasteiger partial charge in [-0.05, 0) is 43.0 Å². The van der Waals surface area contributed by atoms with Crippen LogP contribution in [0.5, 0.6) is 0 Å². The Morgan fingerprint density at radius 3 is 2.50 bits per heavy atom. The first-order valence-corrected chi connectivity index (χ1v) is 7.37. The van der Waals surface area contributed by atoms with Crippen molar-refractivity contribution in [1.82, 2.24) is 15.0 Å². The summed E-state index contributed by atoms with van der Waals surface area (Å²) in [6.45, 7) is 1.35. The van der Waals surface area contributed by atoms with E-state index in [4.69, 9.17) is 0 Å². The van der Waals surface area contributed by atoms with E-state index in [-0.39, 0.29) is 18.4 Å². The minimum atomic E-state index is -4.63. The Morgan fingerprint density at radius 2 is 1.88 bits per heavy atom. The van der Waals surface area contributed by atoms with Gasteiger partial charge in [0.1, 0.15) is 11.6 Å². The van der Waals surface area contributed by atoms with Crippen LogP contribution in [0.1, 0.15) is 23.7 Å². The fourth-order valence-electron chi connectivity index (χ4n) is 2.91. The van der Waals surface area contributed by atoms with Crippen molar-refractivity contribution in [2.45, 2.75) is 25.6 Å². The molecule has 1 unspecified atom stereocenters. The first kappa shape index (κ1) is 16.8. The lowest BCUT2D eigenvalue weighted by Gasteiger charge is -2.13. The molecule has 0 radical (unpaired) electrons. The van der Waals surface area contributed by atoms with E-state index in [2.05, 4.69) is 14.7 Å². The van der Waals surface area contributed by atoms with Gasteiger partial charge < -0.3 is 4.52 Å². The highest BCUT2D eigenvalue weighted by molar-refractivity contribution is 5.18. The zero-order valence-electron chi connectivity index (χ0n) is 12.5. The van der Waals surface area contributed by atoms with Gasteiger partial charge in [0.05, 0.1) is 6.54 Å². The third-order valence-electron chi connectivity index (χ3n) is 3.90. The second kappa shape index (κ2) is 6.46. The molecule has 0 aliphatic carbocycles. The molecular weight excluding hydrogens is 333 g/mol. The molecule has 0 bridgehead atoms. The van der Waals surface area contributed by atoms with E-state index in [1.54, 1.807) is 0 Å². The molecule has 4 nitrogen and oxygen atoms in total. The van der Waals surface area contributed by atoms with Gasteiger partial charge >= 0.3 is 6.18 Å². The number of alkyl halides is 3. The fraction of sp³-hybridized carbons (Fsp3) is 0.467. The molecule has 0 saturated carbocycles. The summed E-state index contributed by atoms with van der Waals surface area (Å²) in [5.74, 6) is -2.46. The predicted molar refractivity (Wildman–Crippen MR) is 72.7 cm³/mol. The molecule has 3 rings (SSSR count). The molecule has 0 N–H and O–H groups in total. The van der Waals surface area contributed by atoms with Crippen molar-refractivity contribution in [3.8, 4) is 0 Å². The molecule has 24 heavy (non-hydrogen) atoms. The average Bonchev–Trinajstić information content (AvgIpc) is 3.07. The highest BCUT2D eigenvalue weighted by Crippen LogP contribution is 2.27. The number of nitrogens with zero attached hydrogens (tertiary/aromatic N) is 3. The van der Waals surface area contributed by atoms with Crippen molar-refractivity contribution >= 4 is 0 Å². The van der Waals surface area contributed by atoms with Gasteiger partial charge in [-0.15, -0.1) is 0 Å². The highest BCUT2D eigenvalue weighted by Gasteiger charge is 2.37. The third-order valence-corrected chi connectivity index (χ3v) is 3.90. The van der Waals surface area contributed by atoms with Gasteiger partial charge in [-0.2, -0.15) is 18.2 Å². The van der Waals surface area contributed by atoms with Crippen molar-refractivity contribution < 1.29 is 26.5 Å². The number of rotatable bonds is 4. The fourth-order valence-corrected chi connectivity index (χ4v) is 2.91. The summed E-state index contributed by atoms with van der Waals surface area (Å²) < 4.78 is 68.3. The molecule has 2 heterocycles. The van der Waals surface area contributed by atoms with E-state index in [1.807, 2.05) is 4.90 Å². The third kappa shape index (κ3) is 4.08. The minimum absolute atomic E-state index is 0.0974. The van der Waals surface area contributed by atoms with E-state index < -0.39 is 23.6 Å². The second-order valence-electron chi connectivity index (χ2n) is 5.88. The van der Waals surface area contributed by atoms with Crippen LogP contribution >= 0.6 is 0 Å². The maximum absolute atomic E-state index is 13.2. The van der Waals surface area contributed by atoms with Gasteiger partial charge in [0.15, 0.2) is 0 Å². The van der Waals surface area contributed by atoms with Crippen molar-refractivity contribution in [3.63, 3.8) is 0 Å². The van der Waals surface area contributed by atoms with Crippen LogP contribution < -0.4 is 0 Å². The molecule has 1 aliphatic rings. The molecule has 130 valence electrons. The van der Waals surface area contributed by atoms with Crippen molar-refractivity contribution in [2.24, 2.45) is 5.92 Å². The predicted octanol–water partition coefficient (Wildman–Crippen LogP) is 3.43. The Labute approximate surface area is 134 Å². The maximum atomic E-state index is 13.2. The monoisotopic (exact) mass is 347 g/mol. The topological polar surface area (TPSA) is 42.2 Å². The zero-order chi connectivity index (χ0) is 17.3. The Balaban J connectivity index is 1.56. The summed E-state index contributed by atoms with van der Waals surface area (Å²) in [7, 11) is 0. The van der Waals surface area contributed by atoms with E-state index in [9.17, 15) is 22.0 Å². The van der Waals surface area contributed by atoms with Crippen LogP contribution in [0, 0.1) is 17.6 Å². The van der Waals surface area contributed by atoms with Crippen LogP contribution in [0.2, 0.25) is 0 Å². The van der Waals surface area contributed by atoms with Crippen LogP contribution in [0.25, 0.3) is 0 Å². The molecule has 1 aliphatic heterocycles. The lowest BCUT2D eigenvalue weighted by molar-refractivity contribution is -0.146. The van der Waals surface area contributed by atoms with Gasteiger partial charge in [-0.3, -0.25) is 4.90 Å². The van der Waals surface area contributed by atoms with Gasteiger partial charge in [-0.1, -0.05) is 5.16 Å². The summed E-state index contributed by atoms with van der Waals surface area (Å²) in [5.41, 5.74) is 0.566. The number of hydrogen-bond acceptors (Lipinski definition) is 4.